The molecule has 0 spiro atoms. The van der Waals surface area contributed by atoms with Gasteiger partial charge in [-0.1, -0.05) is 46.3 Å². The second-order valence-electron chi connectivity index (χ2n) is 5.72. The molecular formula is C18H13BrFN3O4. The molecule has 1 fully saturated rings. The van der Waals surface area contributed by atoms with E-state index in [4.69, 9.17) is 0 Å². The van der Waals surface area contributed by atoms with E-state index in [0.717, 1.165) is 11.0 Å². The molecule has 1 heterocycles. The first-order valence-electron chi connectivity index (χ1n) is 7.83. The molecule has 2 aromatic rings. The van der Waals surface area contributed by atoms with Crippen molar-refractivity contribution in [3.05, 3.63) is 64.4 Å². The maximum atomic E-state index is 13.8. The molecule has 2 aromatic carbocycles. The van der Waals surface area contributed by atoms with Crippen molar-refractivity contribution in [3.8, 4) is 0 Å². The Kier molecular flexibility index (Phi) is 5.31. The van der Waals surface area contributed by atoms with Crippen LogP contribution < -0.4 is 5.32 Å². The highest BCUT2D eigenvalue weighted by Crippen LogP contribution is 2.20. The Labute approximate surface area is 161 Å². The molecule has 0 saturated carbocycles. The average Bonchev–Trinajstić information content (AvgIpc) is 2.83. The number of anilines is 1. The zero-order valence-corrected chi connectivity index (χ0v) is 15.4. The van der Waals surface area contributed by atoms with Crippen molar-refractivity contribution >= 4 is 45.4 Å². The summed E-state index contributed by atoms with van der Waals surface area (Å²) in [5.41, 5.74) is 0.560. The Hall–Kier alpha value is -3.07. The van der Waals surface area contributed by atoms with Gasteiger partial charge in [-0.3, -0.25) is 19.3 Å². The molecule has 3 rings (SSSR count). The summed E-state index contributed by atoms with van der Waals surface area (Å²) in [5, 5.41) is 2.27. The van der Waals surface area contributed by atoms with Gasteiger partial charge >= 0.3 is 17.8 Å². The van der Waals surface area contributed by atoms with Crippen LogP contribution in [0.5, 0.6) is 0 Å². The molecule has 27 heavy (non-hydrogen) atoms. The number of nitrogens with zero attached hydrogens (tertiary/aromatic N) is 2. The number of rotatable bonds is 5. The summed E-state index contributed by atoms with van der Waals surface area (Å²) < 4.78 is 14.3. The standard InChI is InChI=1S/C18H13BrFN3O4/c19-12-6-7-14(13(20)8-12)21-15(24)10-23-17(26)16(25)22(18(23)27)9-11-4-2-1-3-5-11/h1-8H,9-10H2,(H,21,24). The summed E-state index contributed by atoms with van der Waals surface area (Å²) in [6, 6.07) is 11.8. The van der Waals surface area contributed by atoms with E-state index in [1.54, 1.807) is 30.3 Å². The predicted octanol–water partition coefficient (Wildman–Crippen LogP) is 2.52. The summed E-state index contributed by atoms with van der Waals surface area (Å²) in [4.78, 5) is 49.9. The molecule has 1 saturated heterocycles. The van der Waals surface area contributed by atoms with Gasteiger partial charge < -0.3 is 5.32 Å². The third kappa shape index (κ3) is 4.03. The fourth-order valence-corrected chi connectivity index (χ4v) is 2.85. The van der Waals surface area contributed by atoms with Crippen molar-refractivity contribution < 1.29 is 23.6 Å². The zero-order chi connectivity index (χ0) is 19.6. The molecule has 0 radical (unpaired) electrons. The lowest BCUT2D eigenvalue weighted by Gasteiger charge is -2.15. The molecule has 1 aliphatic rings. The normalized spacial score (nSPS) is 14.1. The summed E-state index contributed by atoms with van der Waals surface area (Å²) in [6.45, 7) is -0.770. The average molecular weight is 434 g/mol. The predicted molar refractivity (Wildman–Crippen MR) is 96.8 cm³/mol. The fourth-order valence-electron chi connectivity index (χ4n) is 2.52. The fraction of sp³-hybridized carbons (Fsp3) is 0.111. The number of benzene rings is 2. The zero-order valence-electron chi connectivity index (χ0n) is 13.8. The Morgan fingerprint density at radius 2 is 1.67 bits per heavy atom. The summed E-state index contributed by atoms with van der Waals surface area (Å²) in [5.74, 6) is -3.58. The molecule has 7 nitrogen and oxygen atoms in total. The lowest BCUT2D eigenvalue weighted by Crippen LogP contribution is -2.39. The van der Waals surface area contributed by atoms with E-state index < -0.39 is 36.1 Å². The number of hydrogen-bond donors (Lipinski definition) is 1. The van der Waals surface area contributed by atoms with Gasteiger partial charge in [0, 0.05) is 4.47 Å². The molecule has 138 valence electrons. The molecule has 1 N–H and O–H groups in total. The highest BCUT2D eigenvalue weighted by molar-refractivity contribution is 9.10. The molecule has 1 aliphatic heterocycles. The van der Waals surface area contributed by atoms with Crippen LogP contribution >= 0.6 is 15.9 Å². The highest BCUT2D eigenvalue weighted by Gasteiger charge is 2.45. The second kappa shape index (κ2) is 7.67. The first kappa shape index (κ1) is 18.7. The highest BCUT2D eigenvalue weighted by atomic mass is 79.9. The van der Waals surface area contributed by atoms with Crippen LogP contribution in [0, 0.1) is 5.82 Å². The molecule has 0 aliphatic carbocycles. The van der Waals surface area contributed by atoms with Crippen molar-refractivity contribution in [2.24, 2.45) is 0 Å². The van der Waals surface area contributed by atoms with Crippen molar-refractivity contribution in [1.29, 1.82) is 0 Å². The Bertz CT molecular complexity index is 935. The number of halogens is 2. The number of hydrogen-bond acceptors (Lipinski definition) is 4. The van der Waals surface area contributed by atoms with Crippen molar-refractivity contribution in [1.82, 2.24) is 9.80 Å². The first-order valence-corrected chi connectivity index (χ1v) is 8.62. The molecule has 0 unspecified atom stereocenters. The van der Waals surface area contributed by atoms with Crippen LogP contribution in [0.3, 0.4) is 0 Å². The summed E-state index contributed by atoms with van der Waals surface area (Å²) >= 11 is 3.10. The minimum Gasteiger partial charge on any atom is -0.322 e. The van der Waals surface area contributed by atoms with Crippen molar-refractivity contribution in [2.45, 2.75) is 6.54 Å². The first-order chi connectivity index (χ1) is 12.9. The second-order valence-corrected chi connectivity index (χ2v) is 6.64. The molecule has 5 amide bonds. The van der Waals surface area contributed by atoms with E-state index in [9.17, 15) is 23.6 Å². The van der Waals surface area contributed by atoms with Gasteiger partial charge in [0.25, 0.3) is 0 Å². The summed E-state index contributed by atoms with van der Waals surface area (Å²) in [6.07, 6.45) is 0. The number of imide groups is 2. The van der Waals surface area contributed by atoms with Gasteiger partial charge in [-0.05, 0) is 23.8 Å². The van der Waals surface area contributed by atoms with Crippen LogP contribution in [0.1, 0.15) is 5.56 Å². The third-order valence-electron chi connectivity index (χ3n) is 3.83. The topological polar surface area (TPSA) is 86.8 Å². The minimum absolute atomic E-state index is 0.0797. The van der Waals surface area contributed by atoms with Gasteiger partial charge in [0.1, 0.15) is 12.4 Å². The lowest BCUT2D eigenvalue weighted by molar-refractivity contribution is -0.143. The Balaban J connectivity index is 1.69. The van der Waals surface area contributed by atoms with Gasteiger partial charge in [0.05, 0.1) is 12.2 Å². The molecule has 0 bridgehead atoms. The third-order valence-corrected chi connectivity index (χ3v) is 4.32. The van der Waals surface area contributed by atoms with E-state index in [1.807, 2.05) is 0 Å². The SMILES string of the molecule is O=C(CN1C(=O)C(=O)N(Cc2ccccc2)C1=O)Nc1ccc(Br)cc1F. The number of urea groups is 1. The van der Waals surface area contributed by atoms with Crippen LogP contribution in [-0.2, 0) is 20.9 Å². The maximum Gasteiger partial charge on any atom is 0.335 e. The van der Waals surface area contributed by atoms with Gasteiger partial charge in [0.15, 0.2) is 0 Å². The number of nitrogens with one attached hydrogen (secondary N) is 1. The molecule has 9 heteroatoms. The lowest BCUT2D eigenvalue weighted by atomic mass is 10.2. The quantitative estimate of drug-likeness (QED) is 0.579. The number of carbonyl (C=O) groups is 4. The van der Waals surface area contributed by atoms with E-state index in [0.29, 0.717) is 14.9 Å². The maximum absolute atomic E-state index is 13.8. The smallest absolute Gasteiger partial charge is 0.322 e. The molecular weight excluding hydrogens is 421 g/mol. The summed E-state index contributed by atoms with van der Waals surface area (Å²) in [7, 11) is 0. The van der Waals surface area contributed by atoms with Crippen molar-refractivity contribution in [2.75, 3.05) is 11.9 Å². The van der Waals surface area contributed by atoms with E-state index in [1.165, 1.54) is 12.1 Å². The van der Waals surface area contributed by atoms with Crippen LogP contribution in [0.2, 0.25) is 0 Å². The van der Waals surface area contributed by atoms with E-state index >= 15 is 0 Å². The van der Waals surface area contributed by atoms with Crippen LogP contribution in [0.25, 0.3) is 0 Å². The van der Waals surface area contributed by atoms with E-state index in [2.05, 4.69) is 21.2 Å². The largest absolute Gasteiger partial charge is 0.335 e. The Morgan fingerprint density at radius 3 is 2.33 bits per heavy atom. The van der Waals surface area contributed by atoms with Gasteiger partial charge in [-0.15, -0.1) is 0 Å². The minimum atomic E-state index is -1.10. The Morgan fingerprint density at radius 1 is 1.00 bits per heavy atom. The number of amides is 5. The van der Waals surface area contributed by atoms with Gasteiger partial charge in [-0.25, -0.2) is 14.1 Å². The van der Waals surface area contributed by atoms with Crippen molar-refractivity contribution in [3.63, 3.8) is 0 Å². The monoisotopic (exact) mass is 433 g/mol. The van der Waals surface area contributed by atoms with Crippen LogP contribution in [0.15, 0.2) is 53.0 Å². The number of carbonyl (C=O) groups excluding carboxylic acids is 4. The molecule has 0 aromatic heterocycles. The van der Waals surface area contributed by atoms with Gasteiger partial charge in [0.2, 0.25) is 5.91 Å². The van der Waals surface area contributed by atoms with Crippen LogP contribution in [0.4, 0.5) is 14.9 Å². The van der Waals surface area contributed by atoms with Gasteiger partial charge in [-0.2, -0.15) is 0 Å². The van der Waals surface area contributed by atoms with Crippen LogP contribution in [-0.4, -0.2) is 40.1 Å². The van der Waals surface area contributed by atoms with E-state index in [-0.39, 0.29) is 12.2 Å². The molecule has 0 atom stereocenters.